The Morgan fingerprint density at radius 1 is 1.06 bits per heavy atom. The Kier molecular flexibility index (Phi) is 4.05. The highest BCUT2D eigenvalue weighted by molar-refractivity contribution is 6.04. The highest BCUT2D eigenvalue weighted by Gasteiger charge is 2.28. The van der Waals surface area contributed by atoms with Crippen LogP contribution >= 0.6 is 0 Å². The summed E-state index contributed by atoms with van der Waals surface area (Å²) in [7, 11) is 0. The van der Waals surface area contributed by atoms with Gasteiger partial charge in [0.15, 0.2) is 0 Å². The zero-order valence-corrected chi connectivity index (χ0v) is 10.3. The summed E-state index contributed by atoms with van der Waals surface area (Å²) >= 11 is 0. The molecule has 0 aliphatic heterocycles. The molecule has 0 heterocycles. The number of rotatable bonds is 2. The lowest BCUT2D eigenvalue weighted by Crippen LogP contribution is -2.21. The quantitative estimate of drug-likeness (QED) is 0.621. The number of hydrogen-bond acceptors (Lipinski definition) is 6. The molecule has 0 amide bonds. The van der Waals surface area contributed by atoms with Crippen molar-refractivity contribution in [3.05, 3.63) is 34.9 Å². The molecule has 0 saturated heterocycles. The molecule has 0 spiro atoms. The molecule has 18 heavy (non-hydrogen) atoms. The summed E-state index contributed by atoms with van der Waals surface area (Å²) in [5.74, 6) is -2.18. The Morgan fingerprint density at radius 3 is 2.06 bits per heavy atom. The maximum absolute atomic E-state index is 11.6. The molecule has 0 unspecified atom stereocenters. The summed E-state index contributed by atoms with van der Waals surface area (Å²) in [4.78, 5) is 30.2. The fourth-order valence-electron chi connectivity index (χ4n) is 1.66. The molecule has 0 radical (unpaired) electrons. The van der Waals surface area contributed by atoms with E-state index in [9.17, 15) is 9.59 Å². The fourth-order valence-corrected chi connectivity index (χ4v) is 1.66. The zero-order valence-electron chi connectivity index (χ0n) is 10.3. The van der Waals surface area contributed by atoms with Crippen LogP contribution in [-0.4, -0.2) is 22.5 Å². The lowest BCUT2D eigenvalue weighted by molar-refractivity contribution is -0.185. The molecule has 6 nitrogen and oxygen atoms in total. The van der Waals surface area contributed by atoms with Gasteiger partial charge < -0.3 is 0 Å². The molecule has 1 aromatic carbocycles. The van der Waals surface area contributed by atoms with Crippen LogP contribution in [0.25, 0.3) is 0 Å². The second-order valence-electron chi connectivity index (χ2n) is 4.74. The summed E-state index contributed by atoms with van der Waals surface area (Å²) in [6.45, 7) is 5.47. The van der Waals surface area contributed by atoms with E-state index in [1.807, 2.05) is 20.8 Å². The van der Waals surface area contributed by atoms with Gasteiger partial charge in [0, 0.05) is 0 Å². The molecule has 0 aliphatic rings. The predicted octanol–water partition coefficient (Wildman–Crippen LogP) is 2.24. The fraction of sp³-hybridized carbons (Fsp3) is 0.333. The van der Waals surface area contributed by atoms with Crippen LogP contribution < -0.4 is 0 Å². The Labute approximate surface area is 104 Å². The predicted molar refractivity (Wildman–Crippen MR) is 61.2 cm³/mol. The first-order valence-corrected chi connectivity index (χ1v) is 5.18. The van der Waals surface area contributed by atoms with Crippen molar-refractivity contribution in [1.29, 1.82) is 0 Å². The number of hydrogen-bond donors (Lipinski definition) is 2. The molecule has 0 atom stereocenters. The van der Waals surface area contributed by atoms with Gasteiger partial charge in [-0.2, -0.15) is 10.5 Å². The minimum Gasteiger partial charge on any atom is -0.295 e. The standard InChI is InChI=1S/C12H14O6/c1-12(2,3)8-6-4-5-7(10(13)17-15)9(8)11(14)18-16/h4-6,15-16H,1-3H3. The molecule has 98 valence electrons. The average Bonchev–Trinajstić information content (AvgIpc) is 2.34. The average molecular weight is 254 g/mol. The van der Waals surface area contributed by atoms with Crippen LogP contribution in [0.4, 0.5) is 0 Å². The van der Waals surface area contributed by atoms with Gasteiger partial charge in [0.2, 0.25) is 0 Å². The minimum absolute atomic E-state index is 0.133. The van der Waals surface area contributed by atoms with Crippen LogP contribution in [0.5, 0.6) is 0 Å². The van der Waals surface area contributed by atoms with Crippen molar-refractivity contribution >= 4 is 11.9 Å². The molecule has 0 aromatic heterocycles. The highest BCUT2D eigenvalue weighted by Crippen LogP contribution is 2.28. The summed E-state index contributed by atoms with van der Waals surface area (Å²) in [6.07, 6.45) is 0. The van der Waals surface area contributed by atoms with Gasteiger partial charge in [-0.15, -0.1) is 0 Å². The van der Waals surface area contributed by atoms with E-state index in [0.29, 0.717) is 5.56 Å². The van der Waals surface area contributed by atoms with Crippen LogP contribution in [0.15, 0.2) is 18.2 Å². The maximum atomic E-state index is 11.6. The van der Waals surface area contributed by atoms with Gasteiger partial charge in [-0.1, -0.05) is 32.9 Å². The van der Waals surface area contributed by atoms with E-state index >= 15 is 0 Å². The van der Waals surface area contributed by atoms with Crippen LogP contribution in [0.2, 0.25) is 0 Å². The van der Waals surface area contributed by atoms with Gasteiger partial charge in [0.05, 0.1) is 11.1 Å². The van der Waals surface area contributed by atoms with Gasteiger partial charge in [-0.3, -0.25) is 9.78 Å². The number of carbonyl (C=O) groups is 2. The second-order valence-corrected chi connectivity index (χ2v) is 4.74. The van der Waals surface area contributed by atoms with Crippen molar-refractivity contribution < 1.29 is 29.9 Å². The molecule has 0 bridgehead atoms. The molecule has 0 saturated carbocycles. The smallest absolute Gasteiger partial charge is 0.295 e. The van der Waals surface area contributed by atoms with Crippen LogP contribution in [0, 0.1) is 0 Å². The number of carbonyl (C=O) groups excluding carboxylic acids is 2. The Morgan fingerprint density at radius 2 is 1.61 bits per heavy atom. The summed E-state index contributed by atoms with van der Waals surface area (Å²) in [5, 5.41) is 16.9. The van der Waals surface area contributed by atoms with E-state index in [2.05, 4.69) is 9.78 Å². The second kappa shape index (κ2) is 5.16. The third-order valence-electron chi connectivity index (χ3n) is 2.46. The molecular formula is C12H14O6. The number of benzene rings is 1. The Bertz CT molecular complexity index is 472. The van der Waals surface area contributed by atoms with Crippen molar-refractivity contribution in [3.63, 3.8) is 0 Å². The van der Waals surface area contributed by atoms with Crippen LogP contribution in [0.3, 0.4) is 0 Å². The normalized spacial score (nSPS) is 10.9. The topological polar surface area (TPSA) is 93.1 Å². The van der Waals surface area contributed by atoms with Crippen molar-refractivity contribution in [2.75, 3.05) is 0 Å². The van der Waals surface area contributed by atoms with E-state index in [1.54, 1.807) is 12.1 Å². The third kappa shape index (κ3) is 2.66. The van der Waals surface area contributed by atoms with E-state index in [-0.39, 0.29) is 11.1 Å². The van der Waals surface area contributed by atoms with Gasteiger partial charge >= 0.3 is 11.9 Å². The monoisotopic (exact) mass is 254 g/mol. The lowest BCUT2D eigenvalue weighted by atomic mass is 9.82. The summed E-state index contributed by atoms with van der Waals surface area (Å²) in [6, 6.07) is 4.46. The molecule has 2 N–H and O–H groups in total. The van der Waals surface area contributed by atoms with E-state index < -0.39 is 17.4 Å². The lowest BCUT2D eigenvalue weighted by Gasteiger charge is -2.22. The molecule has 0 aliphatic carbocycles. The Hall–Kier alpha value is -1.92. The van der Waals surface area contributed by atoms with E-state index in [0.717, 1.165) is 0 Å². The SMILES string of the molecule is CC(C)(C)c1cccc(C(=O)OO)c1C(=O)OO. The van der Waals surface area contributed by atoms with E-state index in [1.165, 1.54) is 6.07 Å². The van der Waals surface area contributed by atoms with Gasteiger partial charge in [-0.05, 0) is 17.0 Å². The van der Waals surface area contributed by atoms with Crippen molar-refractivity contribution in [2.24, 2.45) is 0 Å². The maximum Gasteiger partial charge on any atom is 0.373 e. The van der Waals surface area contributed by atoms with Crippen molar-refractivity contribution in [2.45, 2.75) is 26.2 Å². The molecule has 6 heteroatoms. The van der Waals surface area contributed by atoms with Gasteiger partial charge in [-0.25, -0.2) is 9.59 Å². The van der Waals surface area contributed by atoms with E-state index in [4.69, 9.17) is 10.5 Å². The first kappa shape index (κ1) is 14.1. The largest absolute Gasteiger partial charge is 0.373 e. The van der Waals surface area contributed by atoms with Gasteiger partial charge in [0.1, 0.15) is 0 Å². The molecule has 0 fully saturated rings. The summed E-state index contributed by atoms with van der Waals surface area (Å²) in [5.41, 5.74) is -0.282. The first-order chi connectivity index (χ1) is 8.32. The van der Waals surface area contributed by atoms with Crippen molar-refractivity contribution in [3.8, 4) is 0 Å². The van der Waals surface area contributed by atoms with Crippen LogP contribution in [0.1, 0.15) is 47.1 Å². The zero-order chi connectivity index (χ0) is 13.9. The molecule has 1 aromatic rings. The van der Waals surface area contributed by atoms with Crippen LogP contribution in [-0.2, 0) is 15.2 Å². The van der Waals surface area contributed by atoms with Gasteiger partial charge in [0.25, 0.3) is 0 Å². The Balaban J connectivity index is 3.55. The summed E-state index contributed by atoms with van der Waals surface area (Å²) < 4.78 is 0. The molecule has 1 rings (SSSR count). The third-order valence-corrected chi connectivity index (χ3v) is 2.46. The minimum atomic E-state index is -1.10. The molecular weight excluding hydrogens is 240 g/mol. The van der Waals surface area contributed by atoms with Crippen molar-refractivity contribution in [1.82, 2.24) is 0 Å². The first-order valence-electron chi connectivity index (χ1n) is 5.18. The highest BCUT2D eigenvalue weighted by atomic mass is 17.1.